The lowest BCUT2D eigenvalue weighted by Crippen LogP contribution is -2.28. The van der Waals surface area contributed by atoms with Crippen LogP contribution in [0.1, 0.15) is 27.1 Å². The summed E-state index contributed by atoms with van der Waals surface area (Å²) >= 11 is 0. The Morgan fingerprint density at radius 2 is 1.62 bits per heavy atom. The summed E-state index contributed by atoms with van der Waals surface area (Å²) in [7, 11) is -1.69. The number of anilines is 1. The van der Waals surface area contributed by atoms with E-state index in [1.165, 1.54) is 25.3 Å². The molecule has 2 aromatic carbocycles. The van der Waals surface area contributed by atoms with Crippen LogP contribution in [0.2, 0.25) is 0 Å². The summed E-state index contributed by atoms with van der Waals surface area (Å²) in [5.74, 6) is -2.09. The minimum Gasteiger partial charge on any atom is -0.465 e. The van der Waals surface area contributed by atoms with Crippen molar-refractivity contribution in [3.63, 3.8) is 0 Å². The van der Waals surface area contributed by atoms with Crippen LogP contribution in [0.5, 0.6) is 0 Å². The van der Waals surface area contributed by atoms with Gasteiger partial charge in [0.05, 0.1) is 40.9 Å². The highest BCUT2D eigenvalue weighted by Gasteiger charge is 2.19. The largest absolute Gasteiger partial charge is 0.465 e. The number of sulfonamides is 1. The van der Waals surface area contributed by atoms with E-state index in [-0.39, 0.29) is 40.4 Å². The molecule has 32 heavy (non-hydrogen) atoms. The topological polar surface area (TPSA) is 171 Å². The number of esters is 2. The van der Waals surface area contributed by atoms with Crippen molar-refractivity contribution in [1.29, 1.82) is 0 Å². The molecule has 0 aliphatic heterocycles. The van der Waals surface area contributed by atoms with E-state index in [1.54, 1.807) is 0 Å². The molecule has 2 rings (SSSR count). The molecular weight excluding hydrogens is 446 g/mol. The standard InChI is InChI=1S/C19H19N3O9S/c1-30-18(24)12-3-8-15(19(25)31-2)16(11-12)21-17(23)9-10-20-32(28,29)14-6-4-13(5-7-14)22(26)27/h3-8,11,20H,9-10H2,1-2H3,(H,21,23). The van der Waals surface area contributed by atoms with Gasteiger partial charge in [-0.1, -0.05) is 0 Å². The number of benzene rings is 2. The fourth-order valence-electron chi connectivity index (χ4n) is 2.52. The number of nitrogens with one attached hydrogen (secondary N) is 2. The second kappa shape index (κ2) is 10.5. The number of nitro groups is 1. The van der Waals surface area contributed by atoms with E-state index in [1.807, 2.05) is 0 Å². The first-order chi connectivity index (χ1) is 15.1. The Bertz CT molecular complexity index is 1150. The smallest absolute Gasteiger partial charge is 0.339 e. The molecule has 0 saturated heterocycles. The zero-order valence-electron chi connectivity index (χ0n) is 17.0. The number of carbonyl (C=O) groups is 3. The van der Waals surface area contributed by atoms with Crippen LogP contribution in [0.25, 0.3) is 0 Å². The predicted molar refractivity (Wildman–Crippen MR) is 111 cm³/mol. The second-order valence-electron chi connectivity index (χ2n) is 6.19. The van der Waals surface area contributed by atoms with E-state index in [0.29, 0.717) is 0 Å². The van der Waals surface area contributed by atoms with E-state index >= 15 is 0 Å². The van der Waals surface area contributed by atoms with Crippen LogP contribution < -0.4 is 10.0 Å². The Labute approximate surface area is 182 Å². The molecule has 0 aliphatic rings. The van der Waals surface area contributed by atoms with Crippen molar-refractivity contribution in [1.82, 2.24) is 4.72 Å². The van der Waals surface area contributed by atoms with E-state index in [2.05, 4.69) is 19.5 Å². The quantitative estimate of drug-likeness (QED) is 0.316. The zero-order chi connectivity index (χ0) is 23.9. The fraction of sp³-hybridized carbons (Fsp3) is 0.211. The second-order valence-corrected chi connectivity index (χ2v) is 7.96. The molecule has 0 aliphatic carbocycles. The van der Waals surface area contributed by atoms with Gasteiger partial charge in [0, 0.05) is 25.1 Å². The van der Waals surface area contributed by atoms with Crippen molar-refractivity contribution in [3.8, 4) is 0 Å². The maximum Gasteiger partial charge on any atom is 0.339 e. The molecule has 0 fully saturated rings. The van der Waals surface area contributed by atoms with Crippen molar-refractivity contribution >= 4 is 39.2 Å². The molecule has 0 saturated carbocycles. The number of hydrogen-bond acceptors (Lipinski definition) is 9. The maximum absolute atomic E-state index is 12.3. The molecule has 13 heteroatoms. The lowest BCUT2D eigenvalue weighted by atomic mass is 10.1. The first-order valence-electron chi connectivity index (χ1n) is 8.93. The molecule has 2 aromatic rings. The number of carbonyl (C=O) groups excluding carboxylic acids is 3. The van der Waals surface area contributed by atoms with Crippen LogP contribution in [0.3, 0.4) is 0 Å². The highest BCUT2D eigenvalue weighted by molar-refractivity contribution is 7.89. The highest BCUT2D eigenvalue weighted by Crippen LogP contribution is 2.20. The number of non-ortho nitro benzene ring substituents is 1. The number of amides is 1. The fourth-order valence-corrected chi connectivity index (χ4v) is 3.55. The number of nitrogens with zero attached hydrogens (tertiary/aromatic N) is 1. The van der Waals surface area contributed by atoms with Crippen LogP contribution >= 0.6 is 0 Å². The lowest BCUT2D eigenvalue weighted by molar-refractivity contribution is -0.384. The number of methoxy groups -OCH3 is 2. The van der Waals surface area contributed by atoms with Crippen LogP contribution in [0.4, 0.5) is 11.4 Å². The lowest BCUT2D eigenvalue weighted by Gasteiger charge is -2.12. The van der Waals surface area contributed by atoms with Crippen LogP contribution in [0.15, 0.2) is 47.4 Å². The minimum atomic E-state index is -4.01. The van der Waals surface area contributed by atoms with Crippen LogP contribution in [-0.4, -0.2) is 52.0 Å². The normalized spacial score (nSPS) is 10.8. The van der Waals surface area contributed by atoms with Gasteiger partial charge in [0.25, 0.3) is 5.69 Å². The Balaban J connectivity index is 2.06. The van der Waals surface area contributed by atoms with Gasteiger partial charge >= 0.3 is 11.9 Å². The average molecular weight is 465 g/mol. The minimum absolute atomic E-state index is 0.0111. The molecule has 0 radical (unpaired) electrons. The number of nitro benzene ring substituents is 1. The molecular formula is C19H19N3O9S. The monoisotopic (exact) mass is 465 g/mol. The van der Waals surface area contributed by atoms with Crippen LogP contribution in [0, 0.1) is 10.1 Å². The summed E-state index contributed by atoms with van der Waals surface area (Å²) < 4.78 is 36.0. The first kappa shape index (κ1) is 24.4. The van der Waals surface area contributed by atoms with Gasteiger partial charge in [-0.25, -0.2) is 22.7 Å². The van der Waals surface area contributed by atoms with Gasteiger partial charge in [0.1, 0.15) is 0 Å². The van der Waals surface area contributed by atoms with Crippen molar-refractivity contribution in [2.45, 2.75) is 11.3 Å². The molecule has 0 heterocycles. The molecule has 170 valence electrons. The number of rotatable bonds is 9. The Hall–Kier alpha value is -3.84. The molecule has 12 nitrogen and oxygen atoms in total. The first-order valence-corrected chi connectivity index (χ1v) is 10.4. The number of ether oxygens (including phenoxy) is 2. The molecule has 0 bridgehead atoms. The van der Waals surface area contributed by atoms with Gasteiger partial charge in [-0.15, -0.1) is 0 Å². The summed E-state index contributed by atoms with van der Waals surface area (Å²) in [6.45, 7) is -0.296. The highest BCUT2D eigenvalue weighted by atomic mass is 32.2. The van der Waals surface area contributed by atoms with Crippen LogP contribution in [-0.2, 0) is 24.3 Å². The van der Waals surface area contributed by atoms with Gasteiger partial charge in [-0.05, 0) is 30.3 Å². The third-order valence-electron chi connectivity index (χ3n) is 4.12. The Kier molecular flexibility index (Phi) is 7.98. The summed E-state index contributed by atoms with van der Waals surface area (Å²) in [6, 6.07) is 8.07. The Morgan fingerprint density at radius 1 is 1.00 bits per heavy atom. The van der Waals surface area contributed by atoms with Gasteiger partial charge < -0.3 is 14.8 Å². The van der Waals surface area contributed by atoms with Gasteiger partial charge in [-0.2, -0.15) is 0 Å². The number of hydrogen-bond donors (Lipinski definition) is 2. The van der Waals surface area contributed by atoms with E-state index in [4.69, 9.17) is 0 Å². The van der Waals surface area contributed by atoms with Gasteiger partial charge in [0.15, 0.2) is 0 Å². The van der Waals surface area contributed by atoms with Gasteiger partial charge in [0.2, 0.25) is 15.9 Å². The average Bonchev–Trinajstić information content (AvgIpc) is 2.77. The summed E-state index contributed by atoms with van der Waals surface area (Å²) in [4.78, 5) is 45.7. The zero-order valence-corrected chi connectivity index (χ0v) is 17.8. The Morgan fingerprint density at radius 3 is 2.19 bits per heavy atom. The molecule has 1 amide bonds. The van der Waals surface area contributed by atoms with E-state index < -0.39 is 32.8 Å². The maximum atomic E-state index is 12.3. The molecule has 2 N–H and O–H groups in total. The summed E-state index contributed by atoms with van der Waals surface area (Å²) in [6.07, 6.45) is -0.310. The molecule has 0 unspecified atom stereocenters. The summed E-state index contributed by atoms with van der Waals surface area (Å²) in [5.41, 5.74) is -0.212. The van der Waals surface area contributed by atoms with Crippen molar-refractivity contribution < 1.29 is 37.2 Å². The van der Waals surface area contributed by atoms with Crippen molar-refractivity contribution in [3.05, 3.63) is 63.7 Å². The predicted octanol–water partition coefficient (Wildman–Crippen LogP) is 1.48. The van der Waals surface area contributed by atoms with E-state index in [9.17, 15) is 32.9 Å². The van der Waals surface area contributed by atoms with E-state index in [0.717, 1.165) is 31.4 Å². The van der Waals surface area contributed by atoms with Crippen molar-refractivity contribution in [2.24, 2.45) is 0 Å². The molecule has 0 atom stereocenters. The molecule has 0 spiro atoms. The van der Waals surface area contributed by atoms with Crippen molar-refractivity contribution in [2.75, 3.05) is 26.1 Å². The molecule has 0 aromatic heterocycles. The third-order valence-corrected chi connectivity index (χ3v) is 5.60. The third kappa shape index (κ3) is 6.09. The van der Waals surface area contributed by atoms with Gasteiger partial charge in [-0.3, -0.25) is 14.9 Å². The SMILES string of the molecule is COC(=O)c1ccc(C(=O)OC)c(NC(=O)CCNS(=O)(=O)c2ccc([N+](=O)[O-])cc2)c1. The summed E-state index contributed by atoms with van der Waals surface area (Å²) in [5, 5.41) is 13.1.